The molecule has 2 N–H and O–H groups in total. The summed E-state index contributed by atoms with van der Waals surface area (Å²) in [5, 5.41) is 7.50. The van der Waals surface area contributed by atoms with E-state index in [4.69, 9.17) is 4.98 Å². The molecular formula is C22H30N4O. The van der Waals surface area contributed by atoms with Crippen molar-refractivity contribution in [1.29, 1.82) is 0 Å². The molecule has 2 atom stereocenters. The average Bonchev–Trinajstić information content (AvgIpc) is 3.49. The molecule has 1 aromatic carbocycles. The molecule has 5 nitrogen and oxygen atoms in total. The first-order chi connectivity index (χ1) is 13.1. The van der Waals surface area contributed by atoms with Crippen LogP contribution < -0.4 is 10.6 Å². The lowest BCUT2D eigenvalue weighted by molar-refractivity contribution is 0.0952. The summed E-state index contributed by atoms with van der Waals surface area (Å²) in [6, 6.07) is 10.6. The molecule has 2 fully saturated rings. The Morgan fingerprint density at radius 1 is 1.30 bits per heavy atom. The number of likely N-dealkylation sites (tertiary alicyclic amines) is 1. The fraction of sp³-hybridized carbons (Fsp3) is 0.545. The zero-order chi connectivity index (χ0) is 18.8. The van der Waals surface area contributed by atoms with Crippen LogP contribution in [0.15, 0.2) is 30.3 Å². The SMILES string of the molecule is C[C@@H]1CCCN([C@@H](C)CNc2cc(C(=O)NC3CC3)c3ccccc3n2)C1. The topological polar surface area (TPSA) is 57.3 Å². The number of nitrogens with zero attached hydrogens (tertiary/aromatic N) is 2. The third-order valence-corrected chi connectivity index (χ3v) is 5.76. The largest absolute Gasteiger partial charge is 0.368 e. The first-order valence-electron chi connectivity index (χ1n) is 10.3. The number of nitrogens with one attached hydrogen (secondary N) is 2. The predicted octanol–water partition coefficient (Wildman–Crippen LogP) is 3.66. The minimum Gasteiger partial charge on any atom is -0.368 e. The third kappa shape index (κ3) is 4.41. The number of aromatic nitrogens is 1. The third-order valence-electron chi connectivity index (χ3n) is 5.76. The molecule has 1 aliphatic carbocycles. The second kappa shape index (κ2) is 7.85. The van der Waals surface area contributed by atoms with Gasteiger partial charge in [-0.05, 0) is 57.2 Å². The van der Waals surface area contributed by atoms with E-state index < -0.39 is 0 Å². The van der Waals surface area contributed by atoms with E-state index in [9.17, 15) is 4.79 Å². The van der Waals surface area contributed by atoms with E-state index in [2.05, 4.69) is 29.4 Å². The van der Waals surface area contributed by atoms with Crippen molar-refractivity contribution in [2.24, 2.45) is 5.92 Å². The van der Waals surface area contributed by atoms with Crippen molar-refractivity contribution in [2.75, 3.05) is 25.0 Å². The molecule has 0 unspecified atom stereocenters. The molecule has 2 heterocycles. The molecule has 5 heteroatoms. The maximum atomic E-state index is 12.7. The first kappa shape index (κ1) is 18.2. The number of carbonyl (C=O) groups excluding carboxylic acids is 1. The van der Waals surface area contributed by atoms with Gasteiger partial charge >= 0.3 is 0 Å². The molecule has 27 heavy (non-hydrogen) atoms. The fourth-order valence-corrected chi connectivity index (χ4v) is 3.95. The lowest BCUT2D eigenvalue weighted by Crippen LogP contribution is -2.43. The van der Waals surface area contributed by atoms with E-state index >= 15 is 0 Å². The van der Waals surface area contributed by atoms with E-state index in [1.54, 1.807) is 0 Å². The molecule has 1 aliphatic heterocycles. The number of amides is 1. The number of hydrogen-bond donors (Lipinski definition) is 2. The summed E-state index contributed by atoms with van der Waals surface area (Å²) < 4.78 is 0. The molecule has 0 radical (unpaired) electrons. The Bertz CT molecular complexity index is 817. The average molecular weight is 367 g/mol. The Kier molecular flexibility index (Phi) is 5.30. The highest BCUT2D eigenvalue weighted by molar-refractivity contribution is 6.07. The van der Waals surface area contributed by atoms with Crippen LogP contribution in [-0.4, -0.2) is 47.5 Å². The van der Waals surface area contributed by atoms with E-state index in [-0.39, 0.29) is 5.91 Å². The Morgan fingerprint density at radius 3 is 2.89 bits per heavy atom. The maximum absolute atomic E-state index is 12.7. The van der Waals surface area contributed by atoms with Gasteiger partial charge in [-0.25, -0.2) is 4.98 Å². The van der Waals surface area contributed by atoms with Crippen LogP contribution >= 0.6 is 0 Å². The van der Waals surface area contributed by atoms with Gasteiger partial charge in [-0.15, -0.1) is 0 Å². The Hall–Kier alpha value is -2.14. The highest BCUT2D eigenvalue weighted by Crippen LogP contribution is 2.24. The molecule has 2 aliphatic rings. The summed E-state index contributed by atoms with van der Waals surface area (Å²) in [6.45, 7) is 7.78. The van der Waals surface area contributed by atoms with Gasteiger partial charge < -0.3 is 10.6 Å². The van der Waals surface area contributed by atoms with Crippen LogP contribution in [0, 0.1) is 5.92 Å². The van der Waals surface area contributed by atoms with Crippen molar-refractivity contribution >= 4 is 22.6 Å². The standard InChI is InChI=1S/C22H30N4O/c1-15-6-5-11-26(14-15)16(2)13-23-21-12-19(22(27)24-17-9-10-17)18-7-3-4-8-20(18)25-21/h3-4,7-8,12,15-17H,5-6,9-11,13-14H2,1-2H3,(H,23,25)(H,24,27)/t15-,16+/m1/s1. The van der Waals surface area contributed by atoms with Crippen molar-refractivity contribution in [2.45, 2.75) is 51.6 Å². The van der Waals surface area contributed by atoms with Gasteiger partial charge in [-0.1, -0.05) is 25.1 Å². The van der Waals surface area contributed by atoms with Gasteiger partial charge in [0.15, 0.2) is 0 Å². The highest BCUT2D eigenvalue weighted by Gasteiger charge is 2.25. The summed E-state index contributed by atoms with van der Waals surface area (Å²) in [7, 11) is 0. The van der Waals surface area contributed by atoms with Gasteiger partial charge in [0.2, 0.25) is 0 Å². The molecule has 1 amide bonds. The highest BCUT2D eigenvalue weighted by atomic mass is 16.1. The van der Waals surface area contributed by atoms with Crippen LogP contribution in [0.1, 0.15) is 49.9 Å². The van der Waals surface area contributed by atoms with Crippen LogP contribution in [0.25, 0.3) is 10.9 Å². The normalized spacial score (nSPS) is 21.8. The number of anilines is 1. The van der Waals surface area contributed by atoms with E-state index in [1.165, 1.54) is 25.9 Å². The van der Waals surface area contributed by atoms with Crippen molar-refractivity contribution in [3.05, 3.63) is 35.9 Å². The van der Waals surface area contributed by atoms with Gasteiger partial charge in [0.1, 0.15) is 5.82 Å². The molecule has 0 spiro atoms. The zero-order valence-corrected chi connectivity index (χ0v) is 16.4. The Balaban J connectivity index is 1.50. The van der Waals surface area contributed by atoms with Gasteiger partial charge in [-0.2, -0.15) is 0 Å². The van der Waals surface area contributed by atoms with E-state index in [0.29, 0.717) is 17.6 Å². The predicted molar refractivity (Wildman–Crippen MR) is 110 cm³/mol. The Morgan fingerprint density at radius 2 is 2.11 bits per heavy atom. The monoisotopic (exact) mass is 366 g/mol. The second-order valence-electron chi connectivity index (χ2n) is 8.29. The van der Waals surface area contributed by atoms with E-state index in [1.807, 2.05) is 30.3 Å². The zero-order valence-electron chi connectivity index (χ0n) is 16.4. The smallest absolute Gasteiger partial charge is 0.252 e. The van der Waals surface area contributed by atoms with Crippen LogP contribution in [0.5, 0.6) is 0 Å². The minimum absolute atomic E-state index is 0.0112. The summed E-state index contributed by atoms with van der Waals surface area (Å²) in [5.41, 5.74) is 1.58. The summed E-state index contributed by atoms with van der Waals surface area (Å²) in [6.07, 6.45) is 4.80. The number of piperidine rings is 1. The van der Waals surface area contributed by atoms with Gasteiger partial charge in [0.05, 0.1) is 11.1 Å². The number of hydrogen-bond acceptors (Lipinski definition) is 4. The van der Waals surface area contributed by atoms with Gasteiger partial charge in [-0.3, -0.25) is 9.69 Å². The van der Waals surface area contributed by atoms with Crippen molar-refractivity contribution in [3.8, 4) is 0 Å². The van der Waals surface area contributed by atoms with Gasteiger partial charge in [0, 0.05) is 30.6 Å². The number of pyridine rings is 1. The minimum atomic E-state index is 0.0112. The summed E-state index contributed by atoms with van der Waals surface area (Å²) in [4.78, 5) is 20.0. The molecular weight excluding hydrogens is 336 g/mol. The maximum Gasteiger partial charge on any atom is 0.252 e. The van der Waals surface area contributed by atoms with Crippen molar-refractivity contribution in [3.63, 3.8) is 0 Å². The first-order valence-corrected chi connectivity index (χ1v) is 10.3. The van der Waals surface area contributed by atoms with Crippen LogP contribution in [-0.2, 0) is 0 Å². The lowest BCUT2D eigenvalue weighted by Gasteiger charge is -2.35. The molecule has 0 bridgehead atoms. The number of para-hydroxylation sites is 1. The van der Waals surface area contributed by atoms with Crippen LogP contribution in [0.2, 0.25) is 0 Å². The van der Waals surface area contributed by atoms with Crippen molar-refractivity contribution in [1.82, 2.24) is 15.2 Å². The Labute approximate surface area is 161 Å². The lowest BCUT2D eigenvalue weighted by atomic mass is 9.99. The number of benzene rings is 1. The molecule has 1 saturated carbocycles. The molecule has 144 valence electrons. The second-order valence-corrected chi connectivity index (χ2v) is 8.29. The van der Waals surface area contributed by atoms with Crippen molar-refractivity contribution < 1.29 is 4.79 Å². The summed E-state index contributed by atoms with van der Waals surface area (Å²) >= 11 is 0. The van der Waals surface area contributed by atoms with E-state index in [0.717, 1.165) is 42.0 Å². The number of rotatable bonds is 6. The molecule has 1 saturated heterocycles. The molecule has 4 rings (SSSR count). The molecule has 1 aromatic heterocycles. The van der Waals surface area contributed by atoms with Crippen LogP contribution in [0.4, 0.5) is 5.82 Å². The number of fused-ring (bicyclic) bond motifs is 1. The fourth-order valence-electron chi connectivity index (χ4n) is 3.95. The van der Waals surface area contributed by atoms with Gasteiger partial charge in [0.25, 0.3) is 5.91 Å². The number of carbonyl (C=O) groups is 1. The van der Waals surface area contributed by atoms with Crippen LogP contribution in [0.3, 0.4) is 0 Å². The quantitative estimate of drug-likeness (QED) is 0.819. The molecule has 2 aromatic rings. The summed E-state index contributed by atoms with van der Waals surface area (Å²) in [5.74, 6) is 1.57.